The van der Waals surface area contributed by atoms with Gasteiger partial charge < -0.3 is 15.8 Å². The lowest BCUT2D eigenvalue weighted by Crippen LogP contribution is -2.41. The zero-order valence-electron chi connectivity index (χ0n) is 12.5. The summed E-state index contributed by atoms with van der Waals surface area (Å²) in [6, 6.07) is 6.07. The third kappa shape index (κ3) is 6.61. The van der Waals surface area contributed by atoms with Crippen LogP contribution in [0.2, 0.25) is 5.02 Å². The van der Waals surface area contributed by atoms with Gasteiger partial charge in [0.1, 0.15) is 0 Å². The van der Waals surface area contributed by atoms with Gasteiger partial charge in [0, 0.05) is 24.7 Å². The highest BCUT2D eigenvalue weighted by atomic mass is 35.5. The number of nitrogens with zero attached hydrogens (tertiary/aromatic N) is 1. The van der Waals surface area contributed by atoms with Gasteiger partial charge in [-0.15, -0.1) is 0 Å². The predicted octanol–water partition coefficient (Wildman–Crippen LogP) is 0.558. The van der Waals surface area contributed by atoms with Crippen molar-refractivity contribution in [2.75, 3.05) is 26.8 Å². The van der Waals surface area contributed by atoms with Gasteiger partial charge in [-0.25, -0.2) is 13.1 Å². The molecule has 0 saturated heterocycles. The fraction of sp³-hybridized carbons (Fsp3) is 0.462. The summed E-state index contributed by atoms with van der Waals surface area (Å²) in [5.74, 6) is 0.242. The first-order chi connectivity index (χ1) is 10.3. The van der Waals surface area contributed by atoms with Crippen molar-refractivity contribution in [1.29, 1.82) is 0 Å². The molecule has 22 heavy (non-hydrogen) atoms. The van der Waals surface area contributed by atoms with E-state index in [1.165, 1.54) is 12.1 Å². The second kappa shape index (κ2) is 8.94. The summed E-state index contributed by atoms with van der Waals surface area (Å²) in [6.45, 7) is 2.75. The molecule has 0 bridgehead atoms. The molecule has 0 fully saturated rings. The molecule has 0 aliphatic heterocycles. The highest BCUT2D eigenvalue weighted by molar-refractivity contribution is 7.89. The number of guanidine groups is 1. The normalized spacial score (nSPS) is 13.9. The first-order valence-electron chi connectivity index (χ1n) is 6.66. The Kier molecular flexibility index (Phi) is 7.60. The molecular weight excluding hydrogens is 328 g/mol. The van der Waals surface area contributed by atoms with Crippen molar-refractivity contribution in [2.45, 2.75) is 17.9 Å². The van der Waals surface area contributed by atoms with E-state index in [9.17, 15) is 8.42 Å². The van der Waals surface area contributed by atoms with Gasteiger partial charge in [-0.3, -0.25) is 4.99 Å². The number of methoxy groups -OCH3 is 1. The summed E-state index contributed by atoms with van der Waals surface area (Å²) >= 11 is 5.78. The fourth-order valence-electron chi connectivity index (χ4n) is 1.66. The molecule has 0 aromatic heterocycles. The van der Waals surface area contributed by atoms with Gasteiger partial charge in [-0.2, -0.15) is 0 Å². The van der Waals surface area contributed by atoms with Crippen LogP contribution in [0.25, 0.3) is 0 Å². The number of ether oxygens (including phenoxy) is 1. The maximum Gasteiger partial charge on any atom is 0.240 e. The maximum absolute atomic E-state index is 12.0. The summed E-state index contributed by atoms with van der Waals surface area (Å²) in [5.41, 5.74) is 5.67. The SMILES string of the molecule is COCC(C)NC(N)=NCCNS(=O)(=O)c1cccc(Cl)c1. The number of rotatable bonds is 8. The highest BCUT2D eigenvalue weighted by Crippen LogP contribution is 2.14. The van der Waals surface area contributed by atoms with Gasteiger partial charge in [-0.05, 0) is 25.1 Å². The first kappa shape index (κ1) is 18.7. The van der Waals surface area contributed by atoms with E-state index >= 15 is 0 Å². The lowest BCUT2D eigenvalue weighted by atomic mass is 10.4. The number of nitrogens with one attached hydrogen (secondary N) is 2. The minimum Gasteiger partial charge on any atom is -0.383 e. The Labute approximate surface area is 135 Å². The van der Waals surface area contributed by atoms with Crippen molar-refractivity contribution in [1.82, 2.24) is 10.0 Å². The number of hydrogen-bond donors (Lipinski definition) is 3. The van der Waals surface area contributed by atoms with E-state index in [1.807, 2.05) is 6.92 Å². The second-order valence-corrected chi connectivity index (χ2v) is 6.83. The van der Waals surface area contributed by atoms with E-state index in [-0.39, 0.29) is 30.0 Å². The van der Waals surface area contributed by atoms with Gasteiger partial charge in [0.15, 0.2) is 5.96 Å². The van der Waals surface area contributed by atoms with E-state index in [2.05, 4.69) is 15.0 Å². The van der Waals surface area contributed by atoms with Crippen LogP contribution in [-0.4, -0.2) is 47.2 Å². The van der Waals surface area contributed by atoms with Crippen LogP contribution in [0.1, 0.15) is 6.92 Å². The molecule has 1 aromatic carbocycles. The van der Waals surface area contributed by atoms with E-state index < -0.39 is 10.0 Å². The molecule has 0 heterocycles. The molecule has 124 valence electrons. The van der Waals surface area contributed by atoms with E-state index in [0.29, 0.717) is 11.6 Å². The van der Waals surface area contributed by atoms with Crippen molar-refractivity contribution >= 4 is 27.6 Å². The molecule has 4 N–H and O–H groups in total. The Morgan fingerprint density at radius 1 is 1.50 bits per heavy atom. The van der Waals surface area contributed by atoms with Crippen LogP contribution in [-0.2, 0) is 14.8 Å². The van der Waals surface area contributed by atoms with E-state index in [0.717, 1.165) is 0 Å². The molecule has 9 heteroatoms. The zero-order chi connectivity index (χ0) is 16.6. The molecular formula is C13H21ClN4O3S. The summed E-state index contributed by atoms with van der Waals surface area (Å²) in [5, 5.41) is 3.29. The van der Waals surface area contributed by atoms with Crippen molar-refractivity contribution < 1.29 is 13.2 Å². The fourth-order valence-corrected chi connectivity index (χ4v) is 2.99. The largest absolute Gasteiger partial charge is 0.383 e. The molecule has 0 aliphatic carbocycles. The van der Waals surface area contributed by atoms with Crippen LogP contribution in [0.3, 0.4) is 0 Å². The second-order valence-electron chi connectivity index (χ2n) is 4.62. The average Bonchev–Trinajstić information content (AvgIpc) is 2.44. The monoisotopic (exact) mass is 348 g/mol. The Hall–Kier alpha value is -1.35. The van der Waals surface area contributed by atoms with Gasteiger partial charge in [0.05, 0.1) is 18.0 Å². The number of sulfonamides is 1. The van der Waals surface area contributed by atoms with Crippen LogP contribution in [0.15, 0.2) is 34.2 Å². The molecule has 1 atom stereocenters. The number of halogens is 1. The summed E-state index contributed by atoms with van der Waals surface area (Å²) < 4.78 is 31.4. The zero-order valence-corrected chi connectivity index (χ0v) is 14.1. The Bertz CT molecular complexity index is 607. The number of benzene rings is 1. The lowest BCUT2D eigenvalue weighted by molar-refractivity contribution is 0.179. The topological polar surface area (TPSA) is 106 Å². The van der Waals surface area contributed by atoms with Gasteiger partial charge in [0.25, 0.3) is 0 Å². The Morgan fingerprint density at radius 2 is 2.23 bits per heavy atom. The minimum absolute atomic E-state index is 0.0249. The molecule has 0 saturated carbocycles. The number of aliphatic imine (C=N–C) groups is 1. The van der Waals surface area contributed by atoms with Crippen LogP contribution in [0.4, 0.5) is 0 Å². The van der Waals surface area contributed by atoms with Crippen LogP contribution < -0.4 is 15.8 Å². The number of hydrogen-bond acceptors (Lipinski definition) is 4. The third-order valence-corrected chi connectivity index (χ3v) is 4.30. The van der Waals surface area contributed by atoms with E-state index in [4.69, 9.17) is 22.1 Å². The van der Waals surface area contributed by atoms with Crippen molar-refractivity contribution in [3.05, 3.63) is 29.3 Å². The minimum atomic E-state index is -3.60. The van der Waals surface area contributed by atoms with Crippen LogP contribution >= 0.6 is 11.6 Å². The van der Waals surface area contributed by atoms with Crippen molar-refractivity contribution in [3.8, 4) is 0 Å². The molecule has 7 nitrogen and oxygen atoms in total. The average molecular weight is 349 g/mol. The lowest BCUT2D eigenvalue weighted by Gasteiger charge is -2.13. The predicted molar refractivity (Wildman–Crippen MR) is 87.6 cm³/mol. The molecule has 1 aromatic rings. The first-order valence-corrected chi connectivity index (χ1v) is 8.52. The molecule has 0 spiro atoms. The Morgan fingerprint density at radius 3 is 2.86 bits per heavy atom. The quantitative estimate of drug-likeness (QED) is 0.361. The molecule has 0 amide bonds. The smallest absolute Gasteiger partial charge is 0.240 e. The Balaban J connectivity index is 2.46. The molecule has 1 rings (SSSR count). The van der Waals surface area contributed by atoms with Gasteiger partial charge in [0.2, 0.25) is 10.0 Å². The van der Waals surface area contributed by atoms with Crippen LogP contribution in [0, 0.1) is 0 Å². The van der Waals surface area contributed by atoms with Crippen molar-refractivity contribution in [3.63, 3.8) is 0 Å². The van der Waals surface area contributed by atoms with Gasteiger partial charge in [-0.1, -0.05) is 17.7 Å². The molecule has 1 unspecified atom stereocenters. The highest BCUT2D eigenvalue weighted by Gasteiger charge is 2.13. The molecule has 0 radical (unpaired) electrons. The van der Waals surface area contributed by atoms with Crippen LogP contribution in [0.5, 0.6) is 0 Å². The maximum atomic E-state index is 12.0. The summed E-state index contributed by atoms with van der Waals surface area (Å²) in [4.78, 5) is 4.15. The third-order valence-electron chi connectivity index (χ3n) is 2.60. The number of nitrogens with two attached hydrogens (primary N) is 1. The summed E-state index contributed by atoms with van der Waals surface area (Å²) in [7, 11) is -2.00. The van der Waals surface area contributed by atoms with Crippen molar-refractivity contribution in [2.24, 2.45) is 10.7 Å². The standard InChI is InChI=1S/C13H21ClN4O3S/c1-10(9-21-2)18-13(15)16-6-7-17-22(19,20)12-5-3-4-11(14)8-12/h3-5,8,10,17H,6-7,9H2,1-2H3,(H3,15,16,18). The summed E-state index contributed by atoms with van der Waals surface area (Å²) in [6.07, 6.45) is 0. The van der Waals surface area contributed by atoms with Gasteiger partial charge >= 0.3 is 0 Å². The molecule has 0 aliphatic rings. The van der Waals surface area contributed by atoms with E-state index in [1.54, 1.807) is 19.2 Å².